The molecule has 0 saturated heterocycles. The van der Waals surface area contributed by atoms with Gasteiger partial charge in [0.1, 0.15) is 12.1 Å². The van der Waals surface area contributed by atoms with E-state index >= 15 is 0 Å². The zero-order chi connectivity index (χ0) is 20.5. The normalized spacial score (nSPS) is 15.7. The van der Waals surface area contributed by atoms with Gasteiger partial charge in [-0.15, -0.1) is 16.9 Å². The summed E-state index contributed by atoms with van der Waals surface area (Å²) in [7, 11) is 0. The van der Waals surface area contributed by atoms with Crippen molar-refractivity contribution in [3.05, 3.63) is 94.8 Å². The molecule has 0 unspecified atom stereocenters. The number of thioether (sulfide) groups is 1. The number of anilines is 1. The largest absolute Gasteiger partial charge is 0.301 e. The molecule has 148 valence electrons. The van der Waals surface area contributed by atoms with Crippen LogP contribution in [0.25, 0.3) is 10.9 Å². The Balaban J connectivity index is 1.55. The van der Waals surface area contributed by atoms with Crippen LogP contribution < -0.4 is 10.5 Å². The summed E-state index contributed by atoms with van der Waals surface area (Å²) in [6.07, 6.45) is 0. The third-order valence-electron chi connectivity index (χ3n) is 5.20. The second-order valence-corrected chi connectivity index (χ2v) is 8.10. The van der Waals surface area contributed by atoms with Crippen LogP contribution in [0.2, 0.25) is 0 Å². The zero-order valence-corrected chi connectivity index (χ0v) is 16.8. The van der Waals surface area contributed by atoms with E-state index in [-0.39, 0.29) is 24.1 Å². The van der Waals surface area contributed by atoms with Gasteiger partial charge in [-0.3, -0.25) is 9.59 Å². The van der Waals surface area contributed by atoms with Gasteiger partial charge in [-0.1, -0.05) is 59.8 Å². The van der Waals surface area contributed by atoms with Gasteiger partial charge in [-0.2, -0.15) is 0 Å². The van der Waals surface area contributed by atoms with Gasteiger partial charge in [0, 0.05) is 10.6 Å². The maximum atomic E-state index is 13.5. The van der Waals surface area contributed by atoms with Gasteiger partial charge in [0.05, 0.1) is 17.1 Å². The molecule has 1 amide bonds. The number of carbonyl (C=O) groups excluding carboxylic acids is 1. The van der Waals surface area contributed by atoms with Crippen molar-refractivity contribution < 1.29 is 4.79 Å². The van der Waals surface area contributed by atoms with Crippen LogP contribution in [0.15, 0.2) is 88.6 Å². The molecule has 1 aliphatic heterocycles. The molecule has 0 saturated carbocycles. The summed E-state index contributed by atoms with van der Waals surface area (Å²) in [5.41, 5.74) is 2.12. The van der Waals surface area contributed by atoms with Crippen molar-refractivity contribution >= 4 is 34.3 Å². The number of amides is 1. The Morgan fingerprint density at radius 3 is 2.57 bits per heavy atom. The lowest BCUT2D eigenvalue weighted by molar-refractivity contribution is -0.120. The fourth-order valence-corrected chi connectivity index (χ4v) is 4.92. The SMILES string of the molecule is O=C(Cn1nnc2ccccc2c1=O)N1c2ccccc2SC[C@@H]1c1ccccc1. The average Bonchev–Trinajstić information content (AvgIpc) is 2.81. The monoisotopic (exact) mass is 414 g/mol. The van der Waals surface area contributed by atoms with E-state index in [1.807, 2.05) is 54.6 Å². The van der Waals surface area contributed by atoms with Crippen LogP contribution in [-0.2, 0) is 11.3 Å². The van der Waals surface area contributed by atoms with E-state index < -0.39 is 0 Å². The molecule has 1 atom stereocenters. The van der Waals surface area contributed by atoms with Crippen molar-refractivity contribution in [2.45, 2.75) is 17.5 Å². The number of nitrogens with zero attached hydrogens (tertiary/aromatic N) is 4. The summed E-state index contributed by atoms with van der Waals surface area (Å²) in [5.74, 6) is 0.550. The summed E-state index contributed by atoms with van der Waals surface area (Å²) in [6.45, 7) is -0.168. The third-order valence-corrected chi connectivity index (χ3v) is 6.34. The van der Waals surface area contributed by atoms with E-state index in [0.717, 1.165) is 26.6 Å². The van der Waals surface area contributed by atoms with Crippen LogP contribution in [0.1, 0.15) is 11.6 Å². The van der Waals surface area contributed by atoms with E-state index in [4.69, 9.17) is 0 Å². The van der Waals surface area contributed by atoms with E-state index in [1.165, 1.54) is 0 Å². The topological polar surface area (TPSA) is 68.1 Å². The van der Waals surface area contributed by atoms with Crippen molar-refractivity contribution in [2.24, 2.45) is 0 Å². The standard InChI is InChI=1S/C23H18N4O2S/c28-22(14-26-23(29)17-10-4-5-11-18(17)24-25-26)27-19-12-6-7-13-21(19)30-15-20(27)16-8-2-1-3-9-16/h1-13,20H,14-15H2/t20-/m1/s1. The molecule has 5 rings (SSSR count). The maximum absolute atomic E-state index is 13.5. The van der Waals surface area contributed by atoms with Gasteiger partial charge < -0.3 is 4.90 Å². The minimum Gasteiger partial charge on any atom is -0.301 e. The highest BCUT2D eigenvalue weighted by atomic mass is 32.2. The molecule has 0 fully saturated rings. The Labute approximate surface area is 177 Å². The van der Waals surface area contributed by atoms with E-state index in [9.17, 15) is 9.59 Å². The number of hydrogen-bond acceptors (Lipinski definition) is 5. The fourth-order valence-electron chi connectivity index (χ4n) is 3.75. The zero-order valence-electron chi connectivity index (χ0n) is 16.0. The van der Waals surface area contributed by atoms with Crippen LogP contribution in [0.4, 0.5) is 5.69 Å². The van der Waals surface area contributed by atoms with Crippen LogP contribution in [0.3, 0.4) is 0 Å². The first-order valence-corrected chi connectivity index (χ1v) is 10.6. The molecule has 0 radical (unpaired) electrons. The highest BCUT2D eigenvalue weighted by Gasteiger charge is 2.32. The molecule has 30 heavy (non-hydrogen) atoms. The van der Waals surface area contributed by atoms with Gasteiger partial charge in [0.15, 0.2) is 0 Å². The Hall–Kier alpha value is -3.45. The van der Waals surface area contributed by atoms with Crippen molar-refractivity contribution in [3.8, 4) is 0 Å². The lowest BCUT2D eigenvalue weighted by atomic mass is 10.1. The Kier molecular flexibility index (Phi) is 4.80. The molecule has 1 aromatic heterocycles. The lowest BCUT2D eigenvalue weighted by Crippen LogP contribution is -2.42. The Bertz CT molecular complexity index is 1290. The number of fused-ring (bicyclic) bond motifs is 2. The average molecular weight is 414 g/mol. The molecule has 0 N–H and O–H groups in total. The minimum atomic E-state index is -0.315. The molecule has 0 spiro atoms. The highest BCUT2D eigenvalue weighted by molar-refractivity contribution is 7.99. The second-order valence-electron chi connectivity index (χ2n) is 7.04. The molecule has 6 nitrogen and oxygen atoms in total. The lowest BCUT2D eigenvalue weighted by Gasteiger charge is -2.37. The molecule has 2 heterocycles. The van der Waals surface area contributed by atoms with Crippen LogP contribution in [0.5, 0.6) is 0 Å². The predicted octanol–water partition coefficient (Wildman–Crippen LogP) is 3.67. The molecule has 0 aliphatic carbocycles. The summed E-state index contributed by atoms with van der Waals surface area (Å²) in [6, 6.07) is 24.7. The number of carbonyl (C=O) groups is 1. The van der Waals surface area contributed by atoms with Gasteiger partial charge in [-0.25, -0.2) is 4.68 Å². The molecule has 7 heteroatoms. The van der Waals surface area contributed by atoms with Crippen molar-refractivity contribution in [2.75, 3.05) is 10.7 Å². The number of benzene rings is 3. The van der Waals surface area contributed by atoms with Crippen molar-refractivity contribution in [3.63, 3.8) is 0 Å². The van der Waals surface area contributed by atoms with Gasteiger partial charge in [0.25, 0.3) is 5.56 Å². The second kappa shape index (κ2) is 7.76. The predicted molar refractivity (Wildman–Crippen MR) is 118 cm³/mol. The minimum absolute atomic E-state index is 0.122. The summed E-state index contributed by atoms with van der Waals surface area (Å²) < 4.78 is 1.15. The van der Waals surface area contributed by atoms with Gasteiger partial charge in [0.2, 0.25) is 5.91 Å². The first kappa shape index (κ1) is 18.6. The number of para-hydroxylation sites is 1. The van der Waals surface area contributed by atoms with Gasteiger partial charge in [-0.05, 0) is 29.8 Å². The Morgan fingerprint density at radius 2 is 1.70 bits per heavy atom. The van der Waals surface area contributed by atoms with E-state index in [0.29, 0.717) is 10.9 Å². The van der Waals surface area contributed by atoms with Crippen LogP contribution in [0, 0.1) is 0 Å². The van der Waals surface area contributed by atoms with Crippen LogP contribution >= 0.6 is 11.8 Å². The molecule has 4 aromatic rings. The van der Waals surface area contributed by atoms with E-state index in [2.05, 4.69) is 10.3 Å². The van der Waals surface area contributed by atoms with Gasteiger partial charge >= 0.3 is 0 Å². The van der Waals surface area contributed by atoms with Crippen molar-refractivity contribution in [1.29, 1.82) is 0 Å². The summed E-state index contributed by atoms with van der Waals surface area (Å²) >= 11 is 1.73. The summed E-state index contributed by atoms with van der Waals surface area (Å²) in [4.78, 5) is 29.2. The summed E-state index contributed by atoms with van der Waals surface area (Å²) in [5, 5.41) is 8.55. The maximum Gasteiger partial charge on any atom is 0.278 e. The molecular weight excluding hydrogens is 396 g/mol. The highest BCUT2D eigenvalue weighted by Crippen LogP contribution is 2.43. The Morgan fingerprint density at radius 1 is 0.967 bits per heavy atom. The molecule has 1 aliphatic rings. The van der Waals surface area contributed by atoms with Crippen LogP contribution in [-0.4, -0.2) is 26.7 Å². The first-order chi connectivity index (χ1) is 14.7. The van der Waals surface area contributed by atoms with E-state index in [1.54, 1.807) is 40.9 Å². The first-order valence-electron chi connectivity index (χ1n) is 9.64. The third kappa shape index (κ3) is 3.27. The number of rotatable bonds is 3. The number of aromatic nitrogens is 3. The quantitative estimate of drug-likeness (QED) is 0.512. The number of hydrogen-bond donors (Lipinski definition) is 0. The molecule has 3 aromatic carbocycles. The molecule has 0 bridgehead atoms. The van der Waals surface area contributed by atoms with Crippen molar-refractivity contribution in [1.82, 2.24) is 15.0 Å². The molecular formula is C23H18N4O2S. The fraction of sp³-hybridized carbons (Fsp3) is 0.130. The smallest absolute Gasteiger partial charge is 0.278 e.